The molecular formula is C14H21BrN2. The summed E-state index contributed by atoms with van der Waals surface area (Å²) in [6, 6.07) is 8.58. The van der Waals surface area contributed by atoms with E-state index in [-0.39, 0.29) is 6.04 Å². The molecule has 0 aromatic heterocycles. The number of hydrogen-bond acceptors (Lipinski definition) is 2. The third kappa shape index (κ3) is 4.09. The molecule has 2 rings (SSSR count). The Bertz CT molecular complexity index is 350. The number of nitrogens with two attached hydrogens (primary N) is 1. The Morgan fingerprint density at radius 1 is 1.35 bits per heavy atom. The van der Waals surface area contributed by atoms with E-state index in [2.05, 4.69) is 39.4 Å². The molecule has 3 N–H and O–H groups in total. The van der Waals surface area contributed by atoms with Crippen LogP contribution in [-0.4, -0.2) is 13.1 Å². The highest BCUT2D eigenvalue weighted by Crippen LogP contribution is 2.33. The van der Waals surface area contributed by atoms with E-state index in [0.717, 1.165) is 16.9 Å². The molecule has 1 aliphatic carbocycles. The summed E-state index contributed by atoms with van der Waals surface area (Å²) in [6.07, 6.45) is 5.54. The second kappa shape index (κ2) is 6.53. The van der Waals surface area contributed by atoms with Gasteiger partial charge in [0.15, 0.2) is 0 Å². The van der Waals surface area contributed by atoms with Gasteiger partial charge in [0.2, 0.25) is 0 Å². The van der Waals surface area contributed by atoms with E-state index < -0.39 is 0 Å². The largest absolute Gasteiger partial charge is 0.329 e. The molecule has 3 heteroatoms. The Balaban J connectivity index is 1.80. The summed E-state index contributed by atoms with van der Waals surface area (Å²) in [6.45, 7) is 1.71. The summed E-state index contributed by atoms with van der Waals surface area (Å²) >= 11 is 3.58. The first-order valence-electron chi connectivity index (χ1n) is 6.49. The molecule has 1 saturated carbocycles. The highest BCUT2D eigenvalue weighted by atomic mass is 79.9. The highest BCUT2D eigenvalue weighted by molar-refractivity contribution is 9.10. The molecule has 1 unspecified atom stereocenters. The second-order valence-electron chi connectivity index (χ2n) is 4.85. The van der Waals surface area contributed by atoms with E-state index in [1.165, 1.54) is 31.2 Å². The minimum Gasteiger partial charge on any atom is -0.329 e. The first-order chi connectivity index (χ1) is 8.31. The highest BCUT2D eigenvalue weighted by Gasteiger charge is 2.20. The van der Waals surface area contributed by atoms with Crippen molar-refractivity contribution in [3.8, 4) is 0 Å². The summed E-state index contributed by atoms with van der Waals surface area (Å²) < 4.78 is 1.14. The van der Waals surface area contributed by atoms with Crippen molar-refractivity contribution in [2.24, 2.45) is 11.7 Å². The fraction of sp³-hybridized carbons (Fsp3) is 0.571. The van der Waals surface area contributed by atoms with Crippen molar-refractivity contribution >= 4 is 15.9 Å². The van der Waals surface area contributed by atoms with Gasteiger partial charge in [-0.3, -0.25) is 0 Å². The second-order valence-corrected chi connectivity index (χ2v) is 5.70. The SMILES string of the molecule is NCC(NCCCC1CC1)c1ccccc1Br. The van der Waals surface area contributed by atoms with Gasteiger partial charge in [0.05, 0.1) is 0 Å². The van der Waals surface area contributed by atoms with Crippen LogP contribution in [0.4, 0.5) is 0 Å². The van der Waals surface area contributed by atoms with Crippen molar-refractivity contribution in [3.05, 3.63) is 34.3 Å². The lowest BCUT2D eigenvalue weighted by molar-refractivity contribution is 0.511. The molecule has 2 nitrogen and oxygen atoms in total. The maximum atomic E-state index is 5.84. The van der Waals surface area contributed by atoms with E-state index in [9.17, 15) is 0 Å². The van der Waals surface area contributed by atoms with Crippen LogP contribution in [0.3, 0.4) is 0 Å². The van der Waals surface area contributed by atoms with E-state index in [4.69, 9.17) is 5.73 Å². The normalized spacial score (nSPS) is 17.1. The van der Waals surface area contributed by atoms with Crippen molar-refractivity contribution in [2.75, 3.05) is 13.1 Å². The quantitative estimate of drug-likeness (QED) is 0.758. The topological polar surface area (TPSA) is 38.0 Å². The lowest BCUT2D eigenvalue weighted by atomic mass is 10.1. The summed E-state index contributed by atoms with van der Waals surface area (Å²) in [5.41, 5.74) is 7.11. The van der Waals surface area contributed by atoms with Crippen LogP contribution in [-0.2, 0) is 0 Å². The standard InChI is InChI=1S/C14H21BrN2/c15-13-6-2-1-5-12(13)14(10-16)17-9-3-4-11-7-8-11/h1-2,5-6,11,14,17H,3-4,7-10,16H2. The minimum absolute atomic E-state index is 0.268. The molecule has 0 saturated heterocycles. The van der Waals surface area contributed by atoms with E-state index in [0.29, 0.717) is 6.54 Å². The van der Waals surface area contributed by atoms with Crippen LogP contribution in [0.1, 0.15) is 37.3 Å². The Kier molecular flexibility index (Phi) is 5.01. The van der Waals surface area contributed by atoms with Gasteiger partial charge in [0, 0.05) is 17.1 Å². The zero-order valence-corrected chi connectivity index (χ0v) is 11.7. The van der Waals surface area contributed by atoms with Crippen molar-refractivity contribution in [2.45, 2.75) is 31.7 Å². The van der Waals surface area contributed by atoms with Crippen molar-refractivity contribution in [1.82, 2.24) is 5.32 Å². The maximum absolute atomic E-state index is 5.84. The van der Waals surface area contributed by atoms with Crippen LogP contribution >= 0.6 is 15.9 Å². The van der Waals surface area contributed by atoms with Crippen molar-refractivity contribution < 1.29 is 0 Å². The average Bonchev–Trinajstić information content (AvgIpc) is 3.15. The van der Waals surface area contributed by atoms with Gasteiger partial charge in [-0.25, -0.2) is 0 Å². The molecule has 17 heavy (non-hydrogen) atoms. The van der Waals surface area contributed by atoms with Gasteiger partial charge in [0.1, 0.15) is 0 Å². The smallest absolute Gasteiger partial charge is 0.0455 e. The molecule has 0 spiro atoms. The van der Waals surface area contributed by atoms with Crippen LogP contribution in [0, 0.1) is 5.92 Å². The zero-order valence-electron chi connectivity index (χ0n) is 10.2. The number of halogens is 1. The predicted molar refractivity (Wildman–Crippen MR) is 75.9 cm³/mol. The average molecular weight is 297 g/mol. The van der Waals surface area contributed by atoms with E-state index in [1.54, 1.807) is 0 Å². The Labute approximate surface area is 112 Å². The molecule has 0 amide bonds. The first-order valence-corrected chi connectivity index (χ1v) is 7.28. The fourth-order valence-electron chi connectivity index (χ4n) is 2.15. The van der Waals surface area contributed by atoms with Crippen LogP contribution in [0.2, 0.25) is 0 Å². The number of hydrogen-bond donors (Lipinski definition) is 2. The van der Waals surface area contributed by atoms with Gasteiger partial charge in [-0.15, -0.1) is 0 Å². The van der Waals surface area contributed by atoms with Crippen LogP contribution in [0.15, 0.2) is 28.7 Å². The molecule has 94 valence electrons. The van der Waals surface area contributed by atoms with Crippen molar-refractivity contribution in [1.29, 1.82) is 0 Å². The van der Waals surface area contributed by atoms with Crippen LogP contribution in [0.25, 0.3) is 0 Å². The van der Waals surface area contributed by atoms with Crippen molar-refractivity contribution in [3.63, 3.8) is 0 Å². The summed E-state index contributed by atoms with van der Waals surface area (Å²) in [5.74, 6) is 1.02. The summed E-state index contributed by atoms with van der Waals surface area (Å²) in [5, 5.41) is 3.55. The Morgan fingerprint density at radius 3 is 2.76 bits per heavy atom. The molecule has 1 fully saturated rings. The van der Waals surface area contributed by atoms with Crippen LogP contribution < -0.4 is 11.1 Å². The lowest BCUT2D eigenvalue weighted by Crippen LogP contribution is -2.29. The Morgan fingerprint density at radius 2 is 2.12 bits per heavy atom. The third-order valence-electron chi connectivity index (χ3n) is 3.39. The number of rotatable bonds is 7. The minimum atomic E-state index is 0.268. The van der Waals surface area contributed by atoms with Gasteiger partial charge in [0.25, 0.3) is 0 Å². The molecule has 1 aliphatic rings. The van der Waals surface area contributed by atoms with E-state index >= 15 is 0 Å². The van der Waals surface area contributed by atoms with Gasteiger partial charge in [-0.2, -0.15) is 0 Å². The molecular weight excluding hydrogens is 276 g/mol. The molecule has 1 aromatic rings. The van der Waals surface area contributed by atoms with Gasteiger partial charge < -0.3 is 11.1 Å². The fourth-order valence-corrected chi connectivity index (χ4v) is 2.71. The number of benzene rings is 1. The third-order valence-corrected chi connectivity index (χ3v) is 4.12. The van der Waals surface area contributed by atoms with Crippen LogP contribution in [0.5, 0.6) is 0 Å². The van der Waals surface area contributed by atoms with Gasteiger partial charge in [-0.1, -0.05) is 47.0 Å². The number of nitrogens with one attached hydrogen (secondary N) is 1. The zero-order chi connectivity index (χ0) is 12.1. The Hall–Kier alpha value is -0.380. The summed E-state index contributed by atoms with van der Waals surface area (Å²) in [7, 11) is 0. The molecule has 1 atom stereocenters. The van der Waals surface area contributed by atoms with E-state index in [1.807, 2.05) is 6.07 Å². The summed E-state index contributed by atoms with van der Waals surface area (Å²) in [4.78, 5) is 0. The van der Waals surface area contributed by atoms with Gasteiger partial charge in [-0.05, 0) is 36.9 Å². The van der Waals surface area contributed by atoms with Gasteiger partial charge >= 0.3 is 0 Å². The predicted octanol–water partition coefficient (Wildman–Crippen LogP) is 3.23. The molecule has 0 radical (unpaired) electrons. The molecule has 0 aliphatic heterocycles. The molecule has 0 heterocycles. The maximum Gasteiger partial charge on any atom is 0.0455 e. The molecule has 1 aromatic carbocycles. The lowest BCUT2D eigenvalue weighted by Gasteiger charge is -2.18. The first kappa shape index (κ1) is 13.1. The molecule has 0 bridgehead atoms. The monoisotopic (exact) mass is 296 g/mol.